The first-order valence-corrected chi connectivity index (χ1v) is 8.20. The van der Waals surface area contributed by atoms with Crippen LogP contribution in [0.15, 0.2) is 54.7 Å². The van der Waals surface area contributed by atoms with Crippen LogP contribution in [-0.4, -0.2) is 34.6 Å². The fourth-order valence-corrected chi connectivity index (χ4v) is 2.48. The number of benzene rings is 2. The van der Waals surface area contributed by atoms with E-state index >= 15 is 0 Å². The van der Waals surface area contributed by atoms with E-state index in [4.69, 9.17) is 4.74 Å². The number of ether oxygens (including phenoxy) is 1. The van der Waals surface area contributed by atoms with Crippen molar-refractivity contribution in [2.75, 3.05) is 13.7 Å². The molecule has 0 aliphatic rings. The lowest BCUT2D eigenvalue weighted by Gasteiger charge is -2.05. The molecule has 2 aromatic carbocycles. The number of amides is 1. The maximum atomic E-state index is 13.7. The fraction of sp³-hybridized carbons (Fsp3) is 0.211. The number of nitrogens with one attached hydrogen (secondary N) is 1. The monoisotopic (exact) mass is 354 g/mol. The van der Waals surface area contributed by atoms with E-state index in [0.717, 1.165) is 11.3 Å². The van der Waals surface area contributed by atoms with Crippen LogP contribution in [0, 0.1) is 5.82 Å². The van der Waals surface area contributed by atoms with Gasteiger partial charge in [-0.1, -0.05) is 35.5 Å². The average Bonchev–Trinajstić information content (AvgIpc) is 3.13. The minimum atomic E-state index is -0.312. The largest absolute Gasteiger partial charge is 0.497 e. The number of aromatic nitrogens is 3. The van der Waals surface area contributed by atoms with E-state index in [0.29, 0.717) is 18.5 Å². The molecule has 1 amide bonds. The predicted molar refractivity (Wildman–Crippen MR) is 94.6 cm³/mol. The Bertz CT molecular complexity index is 877. The minimum Gasteiger partial charge on any atom is -0.497 e. The van der Waals surface area contributed by atoms with Crippen molar-refractivity contribution in [3.8, 4) is 5.75 Å². The molecule has 0 saturated carbocycles. The summed E-state index contributed by atoms with van der Waals surface area (Å²) in [5.74, 6) is 0.177. The first-order chi connectivity index (χ1) is 12.7. The van der Waals surface area contributed by atoms with Gasteiger partial charge in [0, 0.05) is 12.1 Å². The molecule has 0 fully saturated rings. The van der Waals surface area contributed by atoms with Gasteiger partial charge < -0.3 is 10.1 Å². The normalized spacial score (nSPS) is 10.5. The number of rotatable bonds is 7. The molecule has 3 aromatic rings. The Morgan fingerprint density at radius 3 is 2.69 bits per heavy atom. The molecule has 0 unspecified atom stereocenters. The minimum absolute atomic E-state index is 0.205. The van der Waals surface area contributed by atoms with E-state index in [2.05, 4.69) is 15.6 Å². The summed E-state index contributed by atoms with van der Waals surface area (Å²) >= 11 is 0. The molecule has 3 rings (SSSR count). The molecule has 1 aromatic heterocycles. The van der Waals surface area contributed by atoms with E-state index in [9.17, 15) is 9.18 Å². The van der Waals surface area contributed by atoms with Gasteiger partial charge in [-0.2, -0.15) is 0 Å². The highest BCUT2D eigenvalue weighted by molar-refractivity contribution is 5.91. The summed E-state index contributed by atoms with van der Waals surface area (Å²) in [5, 5.41) is 10.5. The Labute approximate surface area is 150 Å². The molecule has 0 atom stereocenters. The molecule has 1 heterocycles. The maximum absolute atomic E-state index is 13.7. The van der Waals surface area contributed by atoms with Gasteiger partial charge in [0.05, 0.1) is 19.9 Å². The Morgan fingerprint density at radius 2 is 1.96 bits per heavy atom. The van der Waals surface area contributed by atoms with Crippen molar-refractivity contribution in [1.82, 2.24) is 20.3 Å². The van der Waals surface area contributed by atoms with Gasteiger partial charge in [0.15, 0.2) is 5.69 Å². The van der Waals surface area contributed by atoms with Crippen LogP contribution in [0.1, 0.15) is 21.6 Å². The Hall–Kier alpha value is -3.22. The summed E-state index contributed by atoms with van der Waals surface area (Å²) in [6.07, 6.45) is 2.20. The Morgan fingerprint density at radius 1 is 1.19 bits per heavy atom. The molecule has 0 radical (unpaired) electrons. The number of methoxy groups -OCH3 is 1. The lowest BCUT2D eigenvalue weighted by atomic mass is 10.1. The van der Waals surface area contributed by atoms with Crippen molar-refractivity contribution in [3.63, 3.8) is 0 Å². The van der Waals surface area contributed by atoms with Crippen LogP contribution < -0.4 is 10.1 Å². The molecular weight excluding hydrogens is 335 g/mol. The first kappa shape index (κ1) is 17.6. The summed E-state index contributed by atoms with van der Waals surface area (Å²) in [6, 6.07) is 14.1. The molecule has 7 heteroatoms. The molecule has 0 aliphatic carbocycles. The summed E-state index contributed by atoms with van der Waals surface area (Å²) in [6.45, 7) is 0.699. The lowest BCUT2D eigenvalue weighted by Crippen LogP contribution is -2.26. The van der Waals surface area contributed by atoms with Crippen LogP contribution in [-0.2, 0) is 13.0 Å². The first-order valence-electron chi connectivity index (χ1n) is 8.20. The topological polar surface area (TPSA) is 69.0 Å². The quantitative estimate of drug-likeness (QED) is 0.708. The molecule has 134 valence electrons. The SMILES string of the molecule is COc1ccc(CCNC(=O)c2cn(Cc3ccccc3F)nn2)cc1. The number of carbonyl (C=O) groups excluding carboxylic acids is 1. The van der Waals surface area contributed by atoms with Crippen molar-refractivity contribution >= 4 is 5.91 Å². The zero-order chi connectivity index (χ0) is 18.4. The smallest absolute Gasteiger partial charge is 0.273 e. The number of hydrogen-bond acceptors (Lipinski definition) is 4. The average molecular weight is 354 g/mol. The van der Waals surface area contributed by atoms with E-state index in [1.165, 1.54) is 16.9 Å². The van der Waals surface area contributed by atoms with Crippen molar-refractivity contribution in [1.29, 1.82) is 0 Å². The van der Waals surface area contributed by atoms with Gasteiger partial charge in [0.1, 0.15) is 11.6 Å². The maximum Gasteiger partial charge on any atom is 0.273 e. The van der Waals surface area contributed by atoms with Gasteiger partial charge in [0.2, 0.25) is 0 Å². The van der Waals surface area contributed by atoms with Crippen LogP contribution >= 0.6 is 0 Å². The second-order valence-corrected chi connectivity index (χ2v) is 5.75. The van der Waals surface area contributed by atoms with Gasteiger partial charge in [-0.05, 0) is 30.2 Å². The van der Waals surface area contributed by atoms with Gasteiger partial charge in [-0.15, -0.1) is 5.10 Å². The Kier molecular flexibility index (Phi) is 5.58. The summed E-state index contributed by atoms with van der Waals surface area (Å²) < 4.78 is 20.2. The summed E-state index contributed by atoms with van der Waals surface area (Å²) in [4.78, 5) is 12.1. The predicted octanol–water partition coefficient (Wildman–Crippen LogP) is 2.45. The van der Waals surface area contributed by atoms with Crippen LogP contribution in [0.2, 0.25) is 0 Å². The van der Waals surface area contributed by atoms with Crippen molar-refractivity contribution in [3.05, 3.63) is 77.4 Å². The molecule has 0 aliphatic heterocycles. The second kappa shape index (κ2) is 8.24. The molecule has 0 spiro atoms. The highest BCUT2D eigenvalue weighted by Crippen LogP contribution is 2.11. The number of hydrogen-bond donors (Lipinski definition) is 1. The van der Waals surface area contributed by atoms with Crippen LogP contribution in [0.3, 0.4) is 0 Å². The number of carbonyl (C=O) groups is 1. The third kappa shape index (κ3) is 4.44. The highest BCUT2D eigenvalue weighted by atomic mass is 19.1. The number of nitrogens with zero attached hydrogens (tertiary/aromatic N) is 3. The van der Waals surface area contributed by atoms with Crippen molar-refractivity contribution in [2.24, 2.45) is 0 Å². The highest BCUT2D eigenvalue weighted by Gasteiger charge is 2.11. The van der Waals surface area contributed by atoms with Gasteiger partial charge in [-0.25, -0.2) is 9.07 Å². The third-order valence-electron chi connectivity index (χ3n) is 3.92. The summed E-state index contributed by atoms with van der Waals surface area (Å²) in [5.41, 5.74) is 1.79. The van der Waals surface area contributed by atoms with E-state index < -0.39 is 0 Å². The van der Waals surface area contributed by atoms with Crippen LogP contribution in [0.4, 0.5) is 4.39 Å². The van der Waals surface area contributed by atoms with Crippen molar-refractivity contribution < 1.29 is 13.9 Å². The van der Waals surface area contributed by atoms with Gasteiger partial charge in [-0.3, -0.25) is 4.79 Å². The van der Waals surface area contributed by atoms with Gasteiger partial charge in [0.25, 0.3) is 5.91 Å². The molecule has 1 N–H and O–H groups in total. The lowest BCUT2D eigenvalue weighted by molar-refractivity contribution is 0.0949. The zero-order valence-electron chi connectivity index (χ0n) is 14.4. The molecule has 0 saturated heterocycles. The third-order valence-corrected chi connectivity index (χ3v) is 3.92. The zero-order valence-corrected chi connectivity index (χ0v) is 14.4. The van der Waals surface area contributed by atoms with Crippen LogP contribution in [0.5, 0.6) is 5.75 Å². The molecule has 26 heavy (non-hydrogen) atoms. The standard InChI is InChI=1S/C19H19FN4O2/c1-26-16-8-6-14(7-9-16)10-11-21-19(25)18-13-24(23-22-18)12-15-4-2-3-5-17(15)20/h2-9,13H,10-12H2,1H3,(H,21,25). The van der Waals surface area contributed by atoms with E-state index in [-0.39, 0.29) is 24.0 Å². The van der Waals surface area contributed by atoms with Crippen LogP contribution in [0.25, 0.3) is 0 Å². The second-order valence-electron chi connectivity index (χ2n) is 5.75. The van der Waals surface area contributed by atoms with Gasteiger partial charge >= 0.3 is 0 Å². The van der Waals surface area contributed by atoms with E-state index in [1.54, 1.807) is 25.3 Å². The Balaban J connectivity index is 1.52. The molecule has 6 nitrogen and oxygen atoms in total. The van der Waals surface area contributed by atoms with Crippen molar-refractivity contribution in [2.45, 2.75) is 13.0 Å². The summed E-state index contributed by atoms with van der Waals surface area (Å²) in [7, 11) is 1.62. The molecule has 0 bridgehead atoms. The molecular formula is C19H19FN4O2. The van der Waals surface area contributed by atoms with E-state index in [1.807, 2.05) is 24.3 Å². The fourth-order valence-electron chi connectivity index (χ4n) is 2.48. The number of halogens is 1.